The molecule has 3 atom stereocenters. The van der Waals surface area contributed by atoms with Crippen LogP contribution in [0, 0.1) is 11.8 Å². The van der Waals surface area contributed by atoms with E-state index in [9.17, 15) is 8.42 Å². The average Bonchev–Trinajstić information content (AvgIpc) is 3.37. The Morgan fingerprint density at radius 3 is 2.57 bits per heavy atom. The fourth-order valence-electron chi connectivity index (χ4n) is 4.47. The predicted octanol–water partition coefficient (Wildman–Crippen LogP) is 3.16. The van der Waals surface area contributed by atoms with Gasteiger partial charge in [0, 0.05) is 49.4 Å². The molecule has 8 heteroatoms. The van der Waals surface area contributed by atoms with E-state index in [-0.39, 0.29) is 0 Å². The van der Waals surface area contributed by atoms with Gasteiger partial charge in [0.1, 0.15) is 0 Å². The molecular weight excluding hydrogens is 392 g/mol. The molecule has 1 aromatic carbocycles. The van der Waals surface area contributed by atoms with Gasteiger partial charge in [-0.2, -0.15) is 4.31 Å². The summed E-state index contributed by atoms with van der Waals surface area (Å²) in [6.45, 7) is 1.24. The second kappa shape index (κ2) is 6.86. The molecule has 3 heterocycles. The summed E-state index contributed by atoms with van der Waals surface area (Å²) in [5.74, 6) is 0.879. The van der Waals surface area contributed by atoms with E-state index in [2.05, 4.69) is 9.97 Å². The van der Waals surface area contributed by atoms with Gasteiger partial charge in [-0.1, -0.05) is 17.8 Å². The lowest BCUT2D eigenvalue weighted by Crippen LogP contribution is -2.30. The van der Waals surface area contributed by atoms with Crippen molar-refractivity contribution >= 4 is 32.7 Å². The van der Waals surface area contributed by atoms with Crippen LogP contribution in [0.25, 0.3) is 10.9 Å². The Balaban J connectivity index is 1.30. The van der Waals surface area contributed by atoms with E-state index in [1.165, 1.54) is 0 Å². The molecule has 2 aromatic heterocycles. The molecule has 6 nitrogen and oxygen atoms in total. The molecule has 28 heavy (non-hydrogen) atoms. The molecule has 5 rings (SSSR count). The lowest BCUT2D eigenvalue weighted by atomic mass is 10.0. The number of aryl methyl sites for hydroxylation is 1. The van der Waals surface area contributed by atoms with Gasteiger partial charge in [-0.05, 0) is 48.9 Å². The van der Waals surface area contributed by atoms with Gasteiger partial charge < -0.3 is 4.57 Å². The van der Waals surface area contributed by atoms with Gasteiger partial charge in [-0.3, -0.25) is 4.98 Å². The van der Waals surface area contributed by atoms with Crippen molar-refractivity contribution in [2.24, 2.45) is 18.9 Å². The topological polar surface area (TPSA) is 68.1 Å². The van der Waals surface area contributed by atoms with E-state index < -0.39 is 10.0 Å². The first kappa shape index (κ1) is 18.1. The van der Waals surface area contributed by atoms with Crippen LogP contribution in [0.3, 0.4) is 0 Å². The molecule has 0 spiro atoms. The highest BCUT2D eigenvalue weighted by atomic mass is 32.2. The lowest BCUT2D eigenvalue weighted by Gasteiger charge is -2.19. The summed E-state index contributed by atoms with van der Waals surface area (Å²) in [6, 6.07) is 8.94. The monoisotopic (exact) mass is 414 g/mol. The first-order chi connectivity index (χ1) is 13.5. The number of aromatic nitrogens is 3. The number of imidazole rings is 1. The maximum atomic E-state index is 13.2. The first-order valence-corrected chi connectivity index (χ1v) is 11.8. The Bertz CT molecular complexity index is 1110. The number of sulfonamides is 1. The van der Waals surface area contributed by atoms with E-state index in [4.69, 9.17) is 0 Å². The van der Waals surface area contributed by atoms with Crippen molar-refractivity contribution in [3.05, 3.63) is 48.9 Å². The van der Waals surface area contributed by atoms with E-state index in [1.54, 1.807) is 28.7 Å². The zero-order valence-corrected chi connectivity index (χ0v) is 17.2. The van der Waals surface area contributed by atoms with Crippen LogP contribution < -0.4 is 0 Å². The quantitative estimate of drug-likeness (QED) is 0.656. The van der Waals surface area contributed by atoms with Crippen molar-refractivity contribution in [2.75, 3.05) is 13.1 Å². The third kappa shape index (κ3) is 3.13. The molecule has 146 valence electrons. The molecule has 1 aliphatic heterocycles. The third-order valence-electron chi connectivity index (χ3n) is 5.94. The smallest absolute Gasteiger partial charge is 0.243 e. The Kier molecular flexibility index (Phi) is 4.45. The minimum absolute atomic E-state index is 0.368. The van der Waals surface area contributed by atoms with E-state index >= 15 is 0 Å². The summed E-state index contributed by atoms with van der Waals surface area (Å²) < 4.78 is 30.1. The van der Waals surface area contributed by atoms with Gasteiger partial charge in [-0.15, -0.1) is 0 Å². The second-order valence-corrected chi connectivity index (χ2v) is 10.9. The van der Waals surface area contributed by atoms with Crippen LogP contribution >= 0.6 is 11.8 Å². The highest BCUT2D eigenvalue weighted by molar-refractivity contribution is 7.99. The maximum Gasteiger partial charge on any atom is 0.243 e. The summed E-state index contributed by atoms with van der Waals surface area (Å²) in [4.78, 5) is 9.05. The molecule has 1 saturated carbocycles. The van der Waals surface area contributed by atoms with Gasteiger partial charge in [0.25, 0.3) is 0 Å². The average molecular weight is 415 g/mol. The Morgan fingerprint density at radius 1 is 1.07 bits per heavy atom. The number of thioether (sulfide) groups is 1. The summed E-state index contributed by atoms with van der Waals surface area (Å²) in [5, 5.41) is 2.42. The summed E-state index contributed by atoms with van der Waals surface area (Å²) in [6.07, 6.45) is 7.61. The van der Waals surface area contributed by atoms with Crippen LogP contribution in [0.15, 0.2) is 59.0 Å². The fourth-order valence-corrected chi connectivity index (χ4v) is 7.39. The molecule has 2 aliphatic rings. The van der Waals surface area contributed by atoms with E-state index in [0.717, 1.165) is 28.9 Å². The molecular formula is C20H22N4O2S2. The van der Waals surface area contributed by atoms with Crippen molar-refractivity contribution in [2.45, 2.75) is 28.1 Å². The van der Waals surface area contributed by atoms with Crippen molar-refractivity contribution in [1.82, 2.24) is 18.8 Å². The van der Waals surface area contributed by atoms with Crippen molar-refractivity contribution < 1.29 is 8.42 Å². The molecule has 3 aromatic rings. The Hall–Kier alpha value is -1.90. The van der Waals surface area contributed by atoms with Crippen LogP contribution in [0.2, 0.25) is 0 Å². The second-order valence-electron chi connectivity index (χ2n) is 7.73. The minimum atomic E-state index is -3.46. The predicted molar refractivity (Wildman–Crippen MR) is 110 cm³/mol. The molecule has 1 unspecified atom stereocenters. The van der Waals surface area contributed by atoms with Gasteiger partial charge in [-0.25, -0.2) is 13.4 Å². The number of hydrogen-bond donors (Lipinski definition) is 0. The highest BCUT2D eigenvalue weighted by Crippen LogP contribution is 2.45. The van der Waals surface area contributed by atoms with E-state index in [1.807, 2.05) is 47.9 Å². The Labute approximate surface area is 169 Å². The SMILES string of the molecule is Cn1ccnc1SC1C[C@@H]2CN(S(=O)(=O)c3ccc4ncccc4c3)C[C@@H]2C1. The van der Waals surface area contributed by atoms with Gasteiger partial charge in [0.15, 0.2) is 5.16 Å². The number of nitrogens with zero attached hydrogens (tertiary/aromatic N) is 4. The number of hydrogen-bond acceptors (Lipinski definition) is 5. The normalized spacial score (nSPS) is 25.4. The zero-order chi connectivity index (χ0) is 19.3. The largest absolute Gasteiger partial charge is 0.329 e. The van der Waals surface area contributed by atoms with Gasteiger partial charge in [0.05, 0.1) is 10.4 Å². The zero-order valence-electron chi connectivity index (χ0n) is 15.6. The summed E-state index contributed by atoms with van der Waals surface area (Å²) in [7, 11) is -1.45. The van der Waals surface area contributed by atoms with Crippen LogP contribution in [0.5, 0.6) is 0 Å². The number of fused-ring (bicyclic) bond motifs is 2. The van der Waals surface area contributed by atoms with Crippen LogP contribution in [-0.2, 0) is 17.1 Å². The van der Waals surface area contributed by atoms with Gasteiger partial charge >= 0.3 is 0 Å². The van der Waals surface area contributed by atoms with Crippen LogP contribution in [0.1, 0.15) is 12.8 Å². The molecule has 0 N–H and O–H groups in total. The molecule has 1 saturated heterocycles. The lowest BCUT2D eigenvalue weighted by molar-refractivity contribution is 0.447. The van der Waals surface area contributed by atoms with Crippen LogP contribution in [-0.4, -0.2) is 45.6 Å². The standard InChI is InChI=1S/C20H22N4O2S2/c1-23-8-7-22-20(23)27-17-9-15-12-24(13-16(15)10-17)28(25,26)18-4-5-19-14(11-18)3-2-6-21-19/h2-8,11,15-17H,9-10,12-13H2,1H3/t15-,16+,17?. The molecule has 2 fully saturated rings. The van der Waals surface area contributed by atoms with Crippen molar-refractivity contribution in [3.8, 4) is 0 Å². The molecule has 0 bridgehead atoms. The summed E-state index contributed by atoms with van der Waals surface area (Å²) in [5.41, 5.74) is 0.814. The molecule has 0 amide bonds. The maximum absolute atomic E-state index is 13.2. The van der Waals surface area contributed by atoms with Crippen molar-refractivity contribution in [3.63, 3.8) is 0 Å². The minimum Gasteiger partial charge on any atom is -0.329 e. The Morgan fingerprint density at radius 2 is 1.86 bits per heavy atom. The number of pyridine rings is 1. The third-order valence-corrected chi connectivity index (χ3v) is 9.09. The van der Waals surface area contributed by atoms with Gasteiger partial charge in [0.2, 0.25) is 10.0 Å². The molecule has 0 radical (unpaired) electrons. The van der Waals surface area contributed by atoms with Crippen LogP contribution in [0.4, 0.5) is 0 Å². The first-order valence-electron chi connectivity index (χ1n) is 9.49. The van der Waals surface area contributed by atoms with Crippen molar-refractivity contribution in [1.29, 1.82) is 0 Å². The highest BCUT2D eigenvalue weighted by Gasteiger charge is 2.45. The number of benzene rings is 1. The molecule has 1 aliphatic carbocycles. The fraction of sp³-hybridized carbons (Fsp3) is 0.400. The summed E-state index contributed by atoms with van der Waals surface area (Å²) >= 11 is 1.82. The van der Waals surface area contributed by atoms with E-state index in [0.29, 0.717) is 35.1 Å². The number of rotatable bonds is 4.